The fourth-order valence-electron chi connectivity index (χ4n) is 1.84. The minimum Gasteiger partial charge on any atom is -0.463 e. The summed E-state index contributed by atoms with van der Waals surface area (Å²) in [6.45, 7) is 4.09. The van der Waals surface area contributed by atoms with E-state index in [2.05, 4.69) is 9.97 Å². The quantitative estimate of drug-likeness (QED) is 0.827. The van der Waals surface area contributed by atoms with Crippen molar-refractivity contribution >= 4 is 17.2 Å². The molecule has 5 nitrogen and oxygen atoms in total. The highest BCUT2D eigenvalue weighted by Crippen LogP contribution is 2.16. The Labute approximate surface area is 112 Å². The Bertz CT molecular complexity index is 433. The monoisotopic (exact) mass is 267 g/mol. The van der Waals surface area contributed by atoms with Crippen LogP contribution in [0.5, 0.6) is 6.01 Å². The van der Waals surface area contributed by atoms with Crippen molar-refractivity contribution in [3.63, 3.8) is 0 Å². The molecule has 98 valence electrons. The number of rotatable bonds is 4. The maximum absolute atomic E-state index is 5.62. The minimum absolute atomic E-state index is 0.261. The molecule has 0 bridgehead atoms. The SMILES string of the molecule is Cc1cc(C(N)=S)nc(OCC2CCOCC2)n1. The second-order valence-electron chi connectivity index (χ2n) is 4.41. The highest BCUT2D eigenvalue weighted by atomic mass is 32.1. The first-order chi connectivity index (χ1) is 8.65. The van der Waals surface area contributed by atoms with Gasteiger partial charge in [-0.3, -0.25) is 0 Å². The number of nitrogens with two attached hydrogens (primary N) is 1. The van der Waals surface area contributed by atoms with Crippen LogP contribution in [0, 0.1) is 12.8 Å². The highest BCUT2D eigenvalue weighted by molar-refractivity contribution is 7.80. The standard InChI is InChI=1S/C12H17N3O2S/c1-8-6-10(11(13)18)15-12(14-8)17-7-9-2-4-16-5-3-9/h6,9H,2-5,7H2,1H3,(H2,13,18). The molecule has 1 aromatic rings. The van der Waals surface area contributed by atoms with Gasteiger partial charge in [-0.25, -0.2) is 4.98 Å². The Morgan fingerprint density at radius 3 is 2.89 bits per heavy atom. The Morgan fingerprint density at radius 1 is 1.50 bits per heavy atom. The molecule has 0 radical (unpaired) electrons. The van der Waals surface area contributed by atoms with E-state index in [0.717, 1.165) is 31.7 Å². The third-order valence-electron chi connectivity index (χ3n) is 2.88. The van der Waals surface area contributed by atoms with Crippen molar-refractivity contribution in [2.24, 2.45) is 11.7 Å². The van der Waals surface area contributed by atoms with Crippen molar-refractivity contribution in [2.45, 2.75) is 19.8 Å². The first-order valence-corrected chi connectivity index (χ1v) is 6.42. The molecule has 6 heteroatoms. The zero-order valence-corrected chi connectivity index (χ0v) is 11.2. The smallest absolute Gasteiger partial charge is 0.317 e. The van der Waals surface area contributed by atoms with Crippen LogP contribution in [-0.4, -0.2) is 34.8 Å². The molecule has 0 atom stereocenters. The molecule has 0 spiro atoms. The molecule has 0 saturated carbocycles. The minimum atomic E-state index is 0.261. The van der Waals surface area contributed by atoms with Gasteiger partial charge in [0.2, 0.25) is 0 Å². The van der Waals surface area contributed by atoms with Crippen LogP contribution in [0.15, 0.2) is 6.07 Å². The van der Waals surface area contributed by atoms with E-state index < -0.39 is 0 Å². The fraction of sp³-hybridized carbons (Fsp3) is 0.583. The number of hydrogen-bond donors (Lipinski definition) is 1. The summed E-state index contributed by atoms with van der Waals surface area (Å²) in [4.78, 5) is 8.67. The molecule has 0 unspecified atom stereocenters. The molecule has 1 fully saturated rings. The van der Waals surface area contributed by atoms with Crippen molar-refractivity contribution in [1.82, 2.24) is 9.97 Å². The van der Waals surface area contributed by atoms with E-state index in [1.165, 1.54) is 0 Å². The maximum atomic E-state index is 5.62. The summed E-state index contributed by atoms with van der Waals surface area (Å²) in [6, 6.07) is 2.10. The van der Waals surface area contributed by atoms with Gasteiger partial charge in [0.1, 0.15) is 10.7 Å². The molecular formula is C12H17N3O2S. The third-order valence-corrected chi connectivity index (χ3v) is 3.08. The van der Waals surface area contributed by atoms with Gasteiger partial charge in [0, 0.05) is 18.9 Å². The molecule has 1 aromatic heterocycles. The zero-order valence-electron chi connectivity index (χ0n) is 10.4. The van der Waals surface area contributed by atoms with Gasteiger partial charge in [-0.1, -0.05) is 12.2 Å². The average molecular weight is 267 g/mol. The summed E-state index contributed by atoms with van der Waals surface area (Å²) in [7, 11) is 0. The molecule has 1 aliphatic rings. The second kappa shape index (κ2) is 6.06. The second-order valence-corrected chi connectivity index (χ2v) is 4.85. The van der Waals surface area contributed by atoms with Crippen molar-refractivity contribution in [1.29, 1.82) is 0 Å². The highest BCUT2D eigenvalue weighted by Gasteiger charge is 2.15. The Kier molecular flexibility index (Phi) is 4.43. The molecular weight excluding hydrogens is 250 g/mol. The van der Waals surface area contributed by atoms with E-state index in [1.807, 2.05) is 6.92 Å². The summed E-state index contributed by atoms with van der Waals surface area (Å²) in [5.74, 6) is 0.510. The molecule has 2 heterocycles. The number of thiocarbonyl (C=S) groups is 1. The van der Waals surface area contributed by atoms with Crippen LogP contribution in [-0.2, 0) is 4.74 Å². The Morgan fingerprint density at radius 2 is 2.22 bits per heavy atom. The van der Waals surface area contributed by atoms with E-state index in [-0.39, 0.29) is 4.99 Å². The molecule has 0 aromatic carbocycles. The Balaban J connectivity index is 1.97. The van der Waals surface area contributed by atoms with Gasteiger partial charge < -0.3 is 15.2 Å². The van der Waals surface area contributed by atoms with Crippen molar-refractivity contribution in [3.05, 3.63) is 17.5 Å². The molecule has 1 aliphatic heterocycles. The summed E-state index contributed by atoms with van der Waals surface area (Å²) < 4.78 is 10.9. The lowest BCUT2D eigenvalue weighted by Crippen LogP contribution is -2.22. The van der Waals surface area contributed by atoms with E-state index in [4.69, 9.17) is 27.4 Å². The molecule has 0 amide bonds. The van der Waals surface area contributed by atoms with E-state index in [0.29, 0.717) is 24.2 Å². The summed E-state index contributed by atoms with van der Waals surface area (Å²) in [6.07, 6.45) is 2.04. The van der Waals surface area contributed by atoms with Gasteiger partial charge in [0.25, 0.3) is 0 Å². The first kappa shape index (κ1) is 13.2. The largest absolute Gasteiger partial charge is 0.463 e. The van der Waals surface area contributed by atoms with Crippen LogP contribution in [0.4, 0.5) is 0 Å². The summed E-state index contributed by atoms with van der Waals surface area (Å²) in [5, 5.41) is 0. The zero-order chi connectivity index (χ0) is 13.0. The number of hydrogen-bond acceptors (Lipinski definition) is 5. The summed E-state index contributed by atoms with van der Waals surface area (Å²) >= 11 is 4.91. The van der Waals surface area contributed by atoms with Crippen LogP contribution in [0.25, 0.3) is 0 Å². The average Bonchev–Trinajstić information content (AvgIpc) is 2.37. The van der Waals surface area contributed by atoms with E-state index in [9.17, 15) is 0 Å². The van der Waals surface area contributed by atoms with Gasteiger partial charge in [0.05, 0.1) is 6.61 Å². The normalized spacial score (nSPS) is 16.5. The lowest BCUT2D eigenvalue weighted by molar-refractivity contribution is 0.0482. The van der Waals surface area contributed by atoms with Gasteiger partial charge in [-0.2, -0.15) is 4.98 Å². The van der Waals surface area contributed by atoms with E-state index in [1.54, 1.807) is 6.07 Å². The van der Waals surface area contributed by atoms with Crippen molar-refractivity contribution < 1.29 is 9.47 Å². The Hall–Kier alpha value is -1.27. The van der Waals surface area contributed by atoms with Gasteiger partial charge >= 0.3 is 6.01 Å². The number of nitrogens with zero attached hydrogens (tertiary/aromatic N) is 2. The predicted molar refractivity (Wildman–Crippen MR) is 71.7 cm³/mol. The lowest BCUT2D eigenvalue weighted by Gasteiger charge is -2.21. The van der Waals surface area contributed by atoms with Crippen LogP contribution in [0.2, 0.25) is 0 Å². The van der Waals surface area contributed by atoms with Crippen LogP contribution in [0.1, 0.15) is 24.2 Å². The molecule has 18 heavy (non-hydrogen) atoms. The first-order valence-electron chi connectivity index (χ1n) is 6.01. The van der Waals surface area contributed by atoms with Crippen LogP contribution in [0.3, 0.4) is 0 Å². The van der Waals surface area contributed by atoms with E-state index >= 15 is 0 Å². The maximum Gasteiger partial charge on any atom is 0.317 e. The number of aromatic nitrogens is 2. The molecule has 2 N–H and O–H groups in total. The summed E-state index contributed by atoms with van der Waals surface area (Å²) in [5.41, 5.74) is 6.92. The van der Waals surface area contributed by atoms with Crippen molar-refractivity contribution in [3.8, 4) is 6.01 Å². The third kappa shape index (κ3) is 3.61. The number of ether oxygens (including phenoxy) is 2. The predicted octanol–water partition coefficient (Wildman–Crippen LogP) is 1.22. The fourth-order valence-corrected chi connectivity index (χ4v) is 1.94. The topological polar surface area (TPSA) is 70.3 Å². The molecule has 1 saturated heterocycles. The number of aryl methyl sites for hydroxylation is 1. The van der Waals surface area contributed by atoms with Gasteiger partial charge in [0.15, 0.2) is 0 Å². The van der Waals surface area contributed by atoms with Gasteiger partial charge in [-0.05, 0) is 31.7 Å². The molecule has 2 rings (SSSR count). The van der Waals surface area contributed by atoms with Crippen LogP contribution < -0.4 is 10.5 Å². The van der Waals surface area contributed by atoms with Gasteiger partial charge in [-0.15, -0.1) is 0 Å². The molecule has 0 aliphatic carbocycles. The van der Waals surface area contributed by atoms with Crippen LogP contribution >= 0.6 is 12.2 Å². The van der Waals surface area contributed by atoms with Crippen molar-refractivity contribution in [2.75, 3.05) is 19.8 Å². The lowest BCUT2D eigenvalue weighted by atomic mass is 10.0.